The summed E-state index contributed by atoms with van der Waals surface area (Å²) >= 11 is 0. The smallest absolute Gasteiger partial charge is 0.136 e. The van der Waals surface area contributed by atoms with Crippen LogP contribution < -0.4 is 4.74 Å². The zero-order valence-electron chi connectivity index (χ0n) is 10.0. The van der Waals surface area contributed by atoms with E-state index in [1.807, 2.05) is 48.6 Å². The number of ether oxygens (including phenoxy) is 1. The first-order valence-electron chi connectivity index (χ1n) is 5.98. The number of para-hydroxylation sites is 1. The van der Waals surface area contributed by atoms with Gasteiger partial charge in [0.05, 0.1) is 0 Å². The first-order valence-corrected chi connectivity index (χ1v) is 5.98. The van der Waals surface area contributed by atoms with Crippen LogP contribution in [0.3, 0.4) is 0 Å². The predicted octanol–water partition coefficient (Wildman–Crippen LogP) is 2.95. The molecule has 1 aliphatic carbocycles. The third kappa shape index (κ3) is 2.59. The van der Waals surface area contributed by atoms with Gasteiger partial charge in [0.2, 0.25) is 0 Å². The van der Waals surface area contributed by atoms with Gasteiger partial charge in [0.1, 0.15) is 11.4 Å². The summed E-state index contributed by atoms with van der Waals surface area (Å²) < 4.78 is 6.10. The molecule has 2 nitrogen and oxygen atoms in total. The lowest BCUT2D eigenvalue weighted by atomic mass is 9.82. The molecule has 1 aromatic carbocycles. The van der Waals surface area contributed by atoms with Gasteiger partial charge in [0, 0.05) is 18.9 Å². The fourth-order valence-electron chi connectivity index (χ4n) is 2.14. The number of aliphatic hydroxyl groups excluding tert-OH is 1. The van der Waals surface area contributed by atoms with Gasteiger partial charge >= 0.3 is 0 Å². The summed E-state index contributed by atoms with van der Waals surface area (Å²) in [6.07, 6.45) is 8.76. The molecule has 0 saturated heterocycles. The number of benzene rings is 1. The van der Waals surface area contributed by atoms with Gasteiger partial charge < -0.3 is 9.84 Å². The molecule has 0 fully saturated rings. The Bertz CT molecular complexity index is 408. The number of rotatable bonds is 4. The highest BCUT2D eigenvalue weighted by Gasteiger charge is 2.35. The van der Waals surface area contributed by atoms with Crippen LogP contribution in [0.15, 0.2) is 54.6 Å². The van der Waals surface area contributed by atoms with Crippen LogP contribution in [0.2, 0.25) is 0 Å². The van der Waals surface area contributed by atoms with Crippen molar-refractivity contribution in [2.45, 2.75) is 18.9 Å². The van der Waals surface area contributed by atoms with E-state index in [2.05, 4.69) is 13.0 Å². The quantitative estimate of drug-likeness (QED) is 0.861. The molecule has 0 aromatic heterocycles. The normalized spacial score (nSPS) is 27.1. The number of allylic oxidation sites excluding steroid dienone is 2. The van der Waals surface area contributed by atoms with Crippen LogP contribution >= 0.6 is 0 Å². The fourth-order valence-corrected chi connectivity index (χ4v) is 2.14. The van der Waals surface area contributed by atoms with E-state index in [-0.39, 0.29) is 12.5 Å². The Kier molecular flexibility index (Phi) is 3.64. The maximum absolute atomic E-state index is 9.24. The molecule has 2 rings (SSSR count). The van der Waals surface area contributed by atoms with E-state index in [9.17, 15) is 5.11 Å². The molecular weight excluding hydrogens is 212 g/mol. The van der Waals surface area contributed by atoms with Crippen molar-refractivity contribution in [1.29, 1.82) is 0 Å². The van der Waals surface area contributed by atoms with Gasteiger partial charge in [0.15, 0.2) is 0 Å². The molecular formula is C15H18O2. The van der Waals surface area contributed by atoms with E-state index in [1.165, 1.54) is 0 Å². The van der Waals surface area contributed by atoms with Crippen molar-refractivity contribution in [3.05, 3.63) is 54.6 Å². The Morgan fingerprint density at radius 2 is 2.00 bits per heavy atom. The van der Waals surface area contributed by atoms with Crippen molar-refractivity contribution in [1.82, 2.24) is 0 Å². The van der Waals surface area contributed by atoms with Crippen molar-refractivity contribution < 1.29 is 9.84 Å². The molecule has 2 atom stereocenters. The lowest BCUT2D eigenvalue weighted by Gasteiger charge is -2.37. The molecule has 0 saturated carbocycles. The molecule has 90 valence electrons. The Morgan fingerprint density at radius 3 is 2.65 bits per heavy atom. The molecule has 0 bridgehead atoms. The number of aliphatic hydroxyl groups is 1. The second-order valence-corrected chi connectivity index (χ2v) is 4.38. The average molecular weight is 230 g/mol. The van der Waals surface area contributed by atoms with Crippen LogP contribution in [0.1, 0.15) is 13.3 Å². The first-order chi connectivity index (χ1) is 8.27. The monoisotopic (exact) mass is 230 g/mol. The average Bonchev–Trinajstić information content (AvgIpc) is 2.35. The highest BCUT2D eigenvalue weighted by molar-refractivity contribution is 5.28. The summed E-state index contributed by atoms with van der Waals surface area (Å²) in [5.41, 5.74) is -0.426. The summed E-state index contributed by atoms with van der Waals surface area (Å²) in [5.74, 6) is 1.09. The molecule has 0 spiro atoms. The molecule has 0 amide bonds. The van der Waals surface area contributed by atoms with E-state index in [1.54, 1.807) is 0 Å². The SMILES string of the molecule is CC1C=CC=CC1(CCO)Oc1ccccc1. The lowest BCUT2D eigenvalue weighted by molar-refractivity contribution is 0.0526. The van der Waals surface area contributed by atoms with Crippen LogP contribution in [0.5, 0.6) is 5.75 Å². The van der Waals surface area contributed by atoms with Crippen LogP contribution in [0.4, 0.5) is 0 Å². The minimum absolute atomic E-state index is 0.120. The Balaban J connectivity index is 2.23. The minimum atomic E-state index is -0.426. The van der Waals surface area contributed by atoms with E-state index >= 15 is 0 Å². The first kappa shape index (κ1) is 11.9. The topological polar surface area (TPSA) is 29.5 Å². The maximum atomic E-state index is 9.24. The van der Waals surface area contributed by atoms with Gasteiger partial charge in [-0.3, -0.25) is 0 Å². The van der Waals surface area contributed by atoms with E-state index in [0.29, 0.717) is 6.42 Å². The third-order valence-electron chi connectivity index (χ3n) is 3.21. The van der Waals surface area contributed by atoms with Crippen LogP contribution in [0, 0.1) is 5.92 Å². The van der Waals surface area contributed by atoms with Crippen LogP contribution in [0.25, 0.3) is 0 Å². The second-order valence-electron chi connectivity index (χ2n) is 4.38. The van der Waals surface area contributed by atoms with Gasteiger partial charge in [-0.15, -0.1) is 0 Å². The molecule has 0 heterocycles. The zero-order chi connectivity index (χ0) is 12.1. The molecule has 0 aliphatic heterocycles. The summed E-state index contributed by atoms with van der Waals surface area (Å²) in [7, 11) is 0. The summed E-state index contributed by atoms with van der Waals surface area (Å²) in [6, 6.07) is 9.76. The molecule has 2 unspecified atom stereocenters. The maximum Gasteiger partial charge on any atom is 0.136 e. The van der Waals surface area contributed by atoms with E-state index < -0.39 is 5.60 Å². The molecule has 1 aromatic rings. The highest BCUT2D eigenvalue weighted by Crippen LogP contribution is 2.33. The predicted molar refractivity (Wildman–Crippen MR) is 68.9 cm³/mol. The largest absolute Gasteiger partial charge is 0.483 e. The third-order valence-corrected chi connectivity index (χ3v) is 3.21. The van der Waals surface area contributed by atoms with Crippen molar-refractivity contribution in [2.24, 2.45) is 5.92 Å². The molecule has 1 aliphatic rings. The van der Waals surface area contributed by atoms with Crippen molar-refractivity contribution >= 4 is 0 Å². The zero-order valence-corrected chi connectivity index (χ0v) is 10.0. The number of hydrogen-bond donors (Lipinski definition) is 1. The van der Waals surface area contributed by atoms with Crippen molar-refractivity contribution in [2.75, 3.05) is 6.61 Å². The molecule has 17 heavy (non-hydrogen) atoms. The number of hydrogen-bond acceptors (Lipinski definition) is 2. The fraction of sp³-hybridized carbons (Fsp3) is 0.333. The summed E-state index contributed by atoms with van der Waals surface area (Å²) in [6.45, 7) is 2.23. The lowest BCUT2D eigenvalue weighted by Crippen LogP contribution is -2.42. The van der Waals surface area contributed by atoms with Gasteiger partial charge in [-0.1, -0.05) is 43.4 Å². The van der Waals surface area contributed by atoms with Crippen molar-refractivity contribution in [3.63, 3.8) is 0 Å². The molecule has 1 N–H and O–H groups in total. The van der Waals surface area contributed by atoms with Gasteiger partial charge in [-0.2, -0.15) is 0 Å². The van der Waals surface area contributed by atoms with Crippen LogP contribution in [-0.4, -0.2) is 17.3 Å². The van der Waals surface area contributed by atoms with Crippen LogP contribution in [-0.2, 0) is 0 Å². The van der Waals surface area contributed by atoms with E-state index in [4.69, 9.17) is 4.74 Å². The molecule has 0 radical (unpaired) electrons. The summed E-state index contributed by atoms with van der Waals surface area (Å²) in [5, 5.41) is 9.24. The Hall–Kier alpha value is -1.54. The van der Waals surface area contributed by atoms with Gasteiger partial charge in [0.25, 0.3) is 0 Å². The standard InChI is InChI=1S/C15H18O2/c1-13-7-5-6-10-15(13,11-12-16)17-14-8-3-2-4-9-14/h2-10,13,16H,11-12H2,1H3. The Labute approximate surface area is 102 Å². The van der Waals surface area contributed by atoms with Gasteiger partial charge in [-0.25, -0.2) is 0 Å². The van der Waals surface area contributed by atoms with Crippen molar-refractivity contribution in [3.8, 4) is 5.75 Å². The Morgan fingerprint density at radius 1 is 1.24 bits per heavy atom. The van der Waals surface area contributed by atoms with Gasteiger partial charge in [-0.05, 0) is 18.2 Å². The van der Waals surface area contributed by atoms with E-state index in [0.717, 1.165) is 5.75 Å². The molecule has 2 heteroatoms. The highest BCUT2D eigenvalue weighted by atomic mass is 16.5. The summed E-state index contributed by atoms with van der Waals surface area (Å²) in [4.78, 5) is 0. The minimum Gasteiger partial charge on any atom is -0.483 e. The second kappa shape index (κ2) is 5.19.